The maximum absolute atomic E-state index is 12.1. The molecule has 3 aromatic rings. The summed E-state index contributed by atoms with van der Waals surface area (Å²) in [5.74, 6) is 0.278. The number of esters is 1. The Morgan fingerprint density at radius 2 is 2.17 bits per heavy atom. The SMILES string of the molecule is COc1ccc(C(=O)OCc2csc(-c3ccsc3)n2)cc1Br. The highest BCUT2D eigenvalue weighted by atomic mass is 79.9. The van der Waals surface area contributed by atoms with Gasteiger partial charge >= 0.3 is 5.97 Å². The molecule has 0 N–H and O–H groups in total. The second-order valence-electron chi connectivity index (χ2n) is 4.58. The molecule has 0 unspecified atom stereocenters. The molecule has 0 fully saturated rings. The summed E-state index contributed by atoms with van der Waals surface area (Å²) >= 11 is 6.53. The summed E-state index contributed by atoms with van der Waals surface area (Å²) in [6, 6.07) is 7.09. The highest BCUT2D eigenvalue weighted by Gasteiger charge is 2.12. The van der Waals surface area contributed by atoms with Crippen molar-refractivity contribution in [3.63, 3.8) is 0 Å². The molecule has 0 bridgehead atoms. The van der Waals surface area contributed by atoms with Crippen LogP contribution in [-0.2, 0) is 11.3 Å². The molecule has 0 saturated heterocycles. The molecule has 2 aromatic heterocycles. The minimum Gasteiger partial charge on any atom is -0.496 e. The Bertz CT molecular complexity index is 815. The lowest BCUT2D eigenvalue weighted by Gasteiger charge is -2.06. The van der Waals surface area contributed by atoms with Crippen molar-refractivity contribution in [2.45, 2.75) is 6.61 Å². The van der Waals surface area contributed by atoms with E-state index in [-0.39, 0.29) is 6.61 Å². The summed E-state index contributed by atoms with van der Waals surface area (Å²) in [4.78, 5) is 16.6. The molecular formula is C16H12BrNO3S2. The largest absolute Gasteiger partial charge is 0.496 e. The maximum atomic E-state index is 12.1. The number of carbonyl (C=O) groups excluding carboxylic acids is 1. The number of hydrogen-bond acceptors (Lipinski definition) is 6. The highest BCUT2D eigenvalue weighted by molar-refractivity contribution is 9.10. The molecule has 118 valence electrons. The lowest BCUT2D eigenvalue weighted by Crippen LogP contribution is -2.05. The number of thiazole rings is 1. The van der Waals surface area contributed by atoms with E-state index in [1.165, 1.54) is 0 Å². The zero-order valence-electron chi connectivity index (χ0n) is 12.1. The zero-order chi connectivity index (χ0) is 16.2. The molecule has 0 aliphatic rings. The molecule has 0 aliphatic carbocycles. The van der Waals surface area contributed by atoms with Gasteiger partial charge in [-0.3, -0.25) is 0 Å². The molecule has 0 aliphatic heterocycles. The van der Waals surface area contributed by atoms with Gasteiger partial charge in [0.2, 0.25) is 0 Å². The number of benzene rings is 1. The molecule has 7 heteroatoms. The third-order valence-corrected chi connectivity index (χ3v) is 5.30. The molecule has 0 spiro atoms. The van der Waals surface area contributed by atoms with Crippen LogP contribution in [0.15, 0.2) is 44.9 Å². The molecule has 0 atom stereocenters. The average Bonchev–Trinajstić information content (AvgIpc) is 3.23. The Balaban J connectivity index is 1.64. The molecule has 2 heterocycles. The maximum Gasteiger partial charge on any atom is 0.338 e. The first kappa shape index (κ1) is 16.2. The summed E-state index contributed by atoms with van der Waals surface area (Å²) in [5.41, 5.74) is 2.31. The number of aromatic nitrogens is 1. The van der Waals surface area contributed by atoms with Gasteiger partial charge in [0.05, 0.1) is 22.8 Å². The number of rotatable bonds is 5. The van der Waals surface area contributed by atoms with Crippen molar-refractivity contribution in [1.29, 1.82) is 0 Å². The molecule has 0 radical (unpaired) electrons. The van der Waals surface area contributed by atoms with Crippen LogP contribution in [0.4, 0.5) is 0 Å². The minimum atomic E-state index is -0.390. The summed E-state index contributed by atoms with van der Waals surface area (Å²) in [7, 11) is 1.57. The fourth-order valence-electron chi connectivity index (χ4n) is 1.91. The van der Waals surface area contributed by atoms with Crippen molar-refractivity contribution in [1.82, 2.24) is 4.98 Å². The quantitative estimate of drug-likeness (QED) is 0.556. The normalized spacial score (nSPS) is 10.5. The van der Waals surface area contributed by atoms with E-state index < -0.39 is 5.97 Å². The molecule has 1 aromatic carbocycles. The molecule has 0 amide bonds. The minimum absolute atomic E-state index is 0.156. The Labute approximate surface area is 149 Å². The van der Waals surface area contributed by atoms with Crippen LogP contribution in [0.5, 0.6) is 5.75 Å². The second-order valence-corrected chi connectivity index (χ2v) is 7.07. The van der Waals surface area contributed by atoms with Crippen molar-refractivity contribution in [3.8, 4) is 16.3 Å². The van der Waals surface area contributed by atoms with Crippen molar-refractivity contribution in [3.05, 3.63) is 56.1 Å². The third kappa shape index (κ3) is 3.80. The van der Waals surface area contributed by atoms with Crippen molar-refractivity contribution < 1.29 is 14.3 Å². The number of carbonyl (C=O) groups is 1. The number of ether oxygens (including phenoxy) is 2. The molecule has 23 heavy (non-hydrogen) atoms. The van der Waals surface area contributed by atoms with Crippen LogP contribution in [0.1, 0.15) is 16.1 Å². The monoisotopic (exact) mass is 409 g/mol. The third-order valence-electron chi connectivity index (χ3n) is 3.06. The first-order chi connectivity index (χ1) is 11.2. The van der Waals surface area contributed by atoms with E-state index in [2.05, 4.69) is 20.9 Å². The van der Waals surface area contributed by atoms with E-state index in [1.54, 1.807) is 48.0 Å². The standard InChI is InChI=1S/C16H12BrNO3S2/c1-20-14-3-2-10(6-13(14)17)16(19)21-7-12-9-23-15(18-12)11-4-5-22-8-11/h2-6,8-9H,7H2,1H3. The fraction of sp³-hybridized carbons (Fsp3) is 0.125. The summed E-state index contributed by atoms with van der Waals surface area (Å²) in [5, 5.41) is 6.90. The van der Waals surface area contributed by atoms with Crippen LogP contribution in [0.2, 0.25) is 0 Å². The molecular weight excluding hydrogens is 398 g/mol. The molecule has 3 rings (SSSR count). The van der Waals surface area contributed by atoms with E-state index in [4.69, 9.17) is 9.47 Å². The van der Waals surface area contributed by atoms with E-state index in [1.807, 2.05) is 22.2 Å². The van der Waals surface area contributed by atoms with Gasteiger partial charge in [-0.15, -0.1) is 11.3 Å². The number of thiophene rings is 1. The van der Waals surface area contributed by atoms with Gasteiger partial charge in [-0.1, -0.05) is 0 Å². The van der Waals surface area contributed by atoms with Crippen molar-refractivity contribution in [2.75, 3.05) is 7.11 Å². The van der Waals surface area contributed by atoms with E-state index in [0.29, 0.717) is 15.8 Å². The van der Waals surface area contributed by atoms with Gasteiger partial charge in [-0.05, 0) is 45.6 Å². The topological polar surface area (TPSA) is 48.4 Å². The number of hydrogen-bond donors (Lipinski definition) is 0. The molecule has 0 saturated carbocycles. The predicted octanol–water partition coefficient (Wildman–Crippen LogP) is 5.00. The smallest absolute Gasteiger partial charge is 0.338 e. The first-order valence-electron chi connectivity index (χ1n) is 6.65. The van der Waals surface area contributed by atoms with Gasteiger partial charge in [0.1, 0.15) is 17.4 Å². The van der Waals surface area contributed by atoms with Crippen LogP contribution in [-0.4, -0.2) is 18.1 Å². The first-order valence-corrected chi connectivity index (χ1v) is 9.26. The van der Waals surface area contributed by atoms with Crippen LogP contribution in [0.3, 0.4) is 0 Å². The van der Waals surface area contributed by atoms with Gasteiger partial charge in [-0.25, -0.2) is 9.78 Å². The zero-order valence-corrected chi connectivity index (χ0v) is 15.3. The Kier molecular flexibility index (Phi) is 5.09. The van der Waals surface area contributed by atoms with Gasteiger partial charge < -0.3 is 9.47 Å². The summed E-state index contributed by atoms with van der Waals surface area (Å²) in [6.07, 6.45) is 0. The predicted molar refractivity (Wildman–Crippen MR) is 95.2 cm³/mol. The van der Waals surface area contributed by atoms with Crippen molar-refractivity contribution in [2.24, 2.45) is 0 Å². The highest BCUT2D eigenvalue weighted by Crippen LogP contribution is 2.27. The lowest BCUT2D eigenvalue weighted by atomic mass is 10.2. The van der Waals surface area contributed by atoms with Gasteiger partial charge in [0.15, 0.2) is 0 Å². The summed E-state index contributed by atoms with van der Waals surface area (Å²) in [6.45, 7) is 0.156. The van der Waals surface area contributed by atoms with Crippen LogP contribution in [0, 0.1) is 0 Å². The number of nitrogens with zero attached hydrogens (tertiary/aromatic N) is 1. The lowest BCUT2D eigenvalue weighted by molar-refractivity contribution is 0.0468. The van der Waals surface area contributed by atoms with Crippen LogP contribution < -0.4 is 4.74 Å². The summed E-state index contributed by atoms with van der Waals surface area (Å²) < 4.78 is 11.2. The Morgan fingerprint density at radius 3 is 2.87 bits per heavy atom. The number of halogens is 1. The Morgan fingerprint density at radius 1 is 1.30 bits per heavy atom. The second kappa shape index (κ2) is 7.25. The van der Waals surface area contributed by atoms with Crippen molar-refractivity contribution >= 4 is 44.6 Å². The number of methoxy groups -OCH3 is 1. The van der Waals surface area contributed by atoms with E-state index in [9.17, 15) is 4.79 Å². The average molecular weight is 410 g/mol. The van der Waals surface area contributed by atoms with Gasteiger partial charge in [0.25, 0.3) is 0 Å². The molecule has 4 nitrogen and oxygen atoms in total. The van der Waals surface area contributed by atoms with E-state index in [0.717, 1.165) is 16.3 Å². The van der Waals surface area contributed by atoms with Gasteiger partial charge in [0, 0.05) is 16.3 Å². The van der Waals surface area contributed by atoms with Crippen LogP contribution in [0.25, 0.3) is 10.6 Å². The fourth-order valence-corrected chi connectivity index (χ4v) is 3.97. The van der Waals surface area contributed by atoms with Crippen LogP contribution >= 0.6 is 38.6 Å². The van der Waals surface area contributed by atoms with E-state index >= 15 is 0 Å². The van der Waals surface area contributed by atoms with Gasteiger partial charge in [-0.2, -0.15) is 11.3 Å². The Hall–Kier alpha value is -1.70.